The van der Waals surface area contributed by atoms with Gasteiger partial charge in [0, 0.05) is 18.1 Å². The molecule has 4 rings (SSSR count). The van der Waals surface area contributed by atoms with Crippen LogP contribution in [-0.4, -0.2) is 15.5 Å². The zero-order valence-corrected chi connectivity index (χ0v) is 14.2. The van der Waals surface area contributed by atoms with Crippen molar-refractivity contribution in [1.82, 2.24) is 14.9 Å². The molecule has 3 aromatic rings. The summed E-state index contributed by atoms with van der Waals surface area (Å²) >= 11 is 0. The number of aromatic nitrogens is 2. The van der Waals surface area contributed by atoms with E-state index in [2.05, 4.69) is 34.6 Å². The lowest BCUT2D eigenvalue weighted by atomic mass is 9.94. The van der Waals surface area contributed by atoms with Crippen LogP contribution in [0.2, 0.25) is 0 Å². The van der Waals surface area contributed by atoms with Gasteiger partial charge in [-0.3, -0.25) is 4.79 Å². The second-order valence-electron chi connectivity index (χ2n) is 6.70. The van der Waals surface area contributed by atoms with E-state index in [4.69, 9.17) is 0 Å². The zero-order valence-electron chi connectivity index (χ0n) is 14.2. The van der Waals surface area contributed by atoms with Crippen molar-refractivity contribution in [2.24, 2.45) is 0 Å². The van der Waals surface area contributed by atoms with Gasteiger partial charge in [-0.1, -0.05) is 42.5 Å². The van der Waals surface area contributed by atoms with E-state index in [1.165, 1.54) is 0 Å². The molecule has 0 spiro atoms. The van der Waals surface area contributed by atoms with Crippen molar-refractivity contribution in [3.63, 3.8) is 0 Å². The monoisotopic (exact) mass is 331 g/mol. The van der Waals surface area contributed by atoms with Crippen LogP contribution in [0.1, 0.15) is 36.9 Å². The summed E-state index contributed by atoms with van der Waals surface area (Å²) in [5, 5.41) is 3.19. The molecule has 4 nitrogen and oxygen atoms in total. The van der Waals surface area contributed by atoms with Crippen molar-refractivity contribution in [3.8, 4) is 5.69 Å². The Balaban J connectivity index is 1.47. The summed E-state index contributed by atoms with van der Waals surface area (Å²) in [5.41, 5.74) is 2.95. The minimum Gasteiger partial charge on any atom is -0.349 e. The maximum atomic E-state index is 12.8. The van der Waals surface area contributed by atoms with Gasteiger partial charge in [0.15, 0.2) is 0 Å². The normalized spacial score (nSPS) is 16.2. The average Bonchev–Trinajstić information content (AvgIpc) is 3.30. The average molecular weight is 331 g/mol. The number of hydrogen-bond donors (Lipinski definition) is 1. The minimum absolute atomic E-state index is 0.0227. The van der Waals surface area contributed by atoms with E-state index in [1.54, 1.807) is 12.5 Å². The Bertz CT molecular complexity index is 850. The van der Waals surface area contributed by atoms with Crippen LogP contribution in [0.15, 0.2) is 73.3 Å². The molecule has 0 aliphatic heterocycles. The summed E-state index contributed by atoms with van der Waals surface area (Å²) in [4.78, 5) is 16.9. The summed E-state index contributed by atoms with van der Waals surface area (Å²) in [5.74, 6) is 0.130. The van der Waals surface area contributed by atoms with E-state index < -0.39 is 0 Å². The van der Waals surface area contributed by atoms with E-state index in [9.17, 15) is 4.79 Å². The zero-order chi connectivity index (χ0) is 17.3. The van der Waals surface area contributed by atoms with E-state index in [1.807, 2.05) is 48.0 Å². The van der Waals surface area contributed by atoms with Gasteiger partial charge in [-0.05, 0) is 43.0 Å². The number of nitrogens with zero attached hydrogens (tertiary/aromatic N) is 2. The Labute approximate surface area is 147 Å². The van der Waals surface area contributed by atoms with Crippen LogP contribution in [0.3, 0.4) is 0 Å². The standard InChI is InChI=1S/C21H21N3O/c1-16(17-7-9-19(10-8-17)24-14-13-22-15-24)23-20(25)21(11-12-21)18-5-3-2-4-6-18/h2-10,13-16H,11-12H2,1H3,(H,23,25). The molecule has 1 fully saturated rings. The first-order valence-electron chi connectivity index (χ1n) is 8.64. The number of rotatable bonds is 5. The van der Waals surface area contributed by atoms with Gasteiger partial charge in [0.05, 0.1) is 17.8 Å². The van der Waals surface area contributed by atoms with Crippen molar-refractivity contribution >= 4 is 5.91 Å². The molecule has 2 aromatic carbocycles. The van der Waals surface area contributed by atoms with Gasteiger partial charge in [-0.15, -0.1) is 0 Å². The molecule has 1 amide bonds. The number of hydrogen-bond acceptors (Lipinski definition) is 2. The fourth-order valence-electron chi connectivity index (χ4n) is 3.29. The Morgan fingerprint density at radius 3 is 2.44 bits per heavy atom. The fraction of sp³-hybridized carbons (Fsp3) is 0.238. The van der Waals surface area contributed by atoms with Crippen LogP contribution >= 0.6 is 0 Å². The molecule has 1 aliphatic rings. The first-order valence-corrected chi connectivity index (χ1v) is 8.64. The molecule has 1 N–H and O–H groups in total. The van der Waals surface area contributed by atoms with Gasteiger partial charge in [-0.2, -0.15) is 0 Å². The van der Waals surface area contributed by atoms with E-state index in [0.29, 0.717) is 0 Å². The lowest BCUT2D eigenvalue weighted by Gasteiger charge is -2.20. The number of benzene rings is 2. The number of carbonyl (C=O) groups excluding carboxylic acids is 1. The molecule has 1 heterocycles. The third-order valence-corrected chi connectivity index (χ3v) is 5.05. The van der Waals surface area contributed by atoms with Gasteiger partial charge in [0.2, 0.25) is 5.91 Å². The highest BCUT2D eigenvalue weighted by molar-refractivity contribution is 5.91. The smallest absolute Gasteiger partial charge is 0.231 e. The topological polar surface area (TPSA) is 46.9 Å². The number of imidazole rings is 1. The SMILES string of the molecule is CC(NC(=O)C1(c2ccccc2)CC1)c1ccc(-n2ccnc2)cc1. The Morgan fingerprint density at radius 1 is 1.12 bits per heavy atom. The van der Waals surface area contributed by atoms with Gasteiger partial charge in [0.25, 0.3) is 0 Å². The quantitative estimate of drug-likeness (QED) is 0.773. The van der Waals surface area contributed by atoms with Crippen LogP contribution in [0.5, 0.6) is 0 Å². The molecular weight excluding hydrogens is 310 g/mol. The molecule has 1 aliphatic carbocycles. The molecule has 126 valence electrons. The number of amides is 1. The maximum absolute atomic E-state index is 12.8. The lowest BCUT2D eigenvalue weighted by Crippen LogP contribution is -2.36. The Morgan fingerprint density at radius 2 is 1.84 bits per heavy atom. The fourth-order valence-corrected chi connectivity index (χ4v) is 3.29. The molecule has 0 saturated heterocycles. The molecule has 0 radical (unpaired) electrons. The summed E-state index contributed by atoms with van der Waals surface area (Å²) in [7, 11) is 0. The van der Waals surface area contributed by atoms with Gasteiger partial charge >= 0.3 is 0 Å². The maximum Gasteiger partial charge on any atom is 0.231 e. The van der Waals surface area contributed by atoms with Gasteiger partial charge in [0.1, 0.15) is 0 Å². The summed E-state index contributed by atoms with van der Waals surface area (Å²) in [6.45, 7) is 2.03. The molecule has 1 saturated carbocycles. The summed E-state index contributed by atoms with van der Waals surface area (Å²) in [6, 6.07) is 18.3. The van der Waals surface area contributed by atoms with Crippen molar-refractivity contribution in [3.05, 3.63) is 84.4 Å². The molecule has 0 bridgehead atoms. The minimum atomic E-state index is -0.327. The second-order valence-corrected chi connectivity index (χ2v) is 6.70. The van der Waals surface area contributed by atoms with Crippen molar-refractivity contribution in [2.45, 2.75) is 31.2 Å². The molecule has 1 unspecified atom stereocenters. The summed E-state index contributed by atoms with van der Waals surface area (Å²) in [6.07, 6.45) is 7.30. The van der Waals surface area contributed by atoms with E-state index in [-0.39, 0.29) is 17.4 Å². The van der Waals surface area contributed by atoms with Crippen LogP contribution in [0.4, 0.5) is 0 Å². The molecular formula is C21H21N3O. The van der Waals surface area contributed by atoms with Crippen LogP contribution in [0.25, 0.3) is 5.69 Å². The van der Waals surface area contributed by atoms with Crippen LogP contribution in [0, 0.1) is 0 Å². The Kier molecular flexibility index (Phi) is 3.88. The lowest BCUT2D eigenvalue weighted by molar-refractivity contribution is -0.124. The van der Waals surface area contributed by atoms with E-state index >= 15 is 0 Å². The van der Waals surface area contributed by atoms with Crippen molar-refractivity contribution in [2.75, 3.05) is 0 Å². The third kappa shape index (κ3) is 2.95. The highest BCUT2D eigenvalue weighted by Crippen LogP contribution is 2.48. The third-order valence-electron chi connectivity index (χ3n) is 5.05. The van der Waals surface area contributed by atoms with Gasteiger partial charge in [-0.25, -0.2) is 4.98 Å². The largest absolute Gasteiger partial charge is 0.349 e. The number of nitrogens with one attached hydrogen (secondary N) is 1. The highest BCUT2D eigenvalue weighted by Gasteiger charge is 2.51. The summed E-state index contributed by atoms with van der Waals surface area (Å²) < 4.78 is 1.96. The van der Waals surface area contributed by atoms with Crippen molar-refractivity contribution in [1.29, 1.82) is 0 Å². The first-order chi connectivity index (χ1) is 12.2. The first kappa shape index (κ1) is 15.6. The second kappa shape index (κ2) is 6.20. The molecule has 25 heavy (non-hydrogen) atoms. The predicted molar refractivity (Wildman–Crippen MR) is 97.5 cm³/mol. The van der Waals surface area contributed by atoms with Gasteiger partial charge < -0.3 is 9.88 Å². The van der Waals surface area contributed by atoms with Crippen molar-refractivity contribution < 1.29 is 4.79 Å². The number of carbonyl (C=O) groups is 1. The van der Waals surface area contributed by atoms with Crippen LogP contribution in [-0.2, 0) is 10.2 Å². The molecule has 4 heteroatoms. The molecule has 1 aromatic heterocycles. The molecule has 1 atom stereocenters. The Hall–Kier alpha value is -2.88. The predicted octanol–water partition coefficient (Wildman–Crippen LogP) is 3.78. The highest BCUT2D eigenvalue weighted by atomic mass is 16.2. The van der Waals surface area contributed by atoms with E-state index in [0.717, 1.165) is 29.7 Å². The van der Waals surface area contributed by atoms with Crippen LogP contribution < -0.4 is 5.32 Å².